The second-order valence-corrected chi connectivity index (χ2v) is 6.16. The fourth-order valence-corrected chi connectivity index (χ4v) is 3.21. The lowest BCUT2D eigenvalue weighted by Crippen LogP contribution is -2.50. The second kappa shape index (κ2) is 8.00. The molecule has 1 aromatic carbocycles. The summed E-state index contributed by atoms with van der Waals surface area (Å²) in [6, 6.07) is 9.44. The molecule has 1 unspecified atom stereocenters. The molecule has 0 saturated carbocycles. The molecule has 0 spiro atoms. The molecule has 9 heteroatoms. The molecule has 1 aliphatic heterocycles. The number of aromatic nitrogens is 1. The Labute approximate surface area is 155 Å². The van der Waals surface area contributed by atoms with Gasteiger partial charge in [0.15, 0.2) is 0 Å². The zero-order valence-electron chi connectivity index (χ0n) is 14.8. The summed E-state index contributed by atoms with van der Waals surface area (Å²) in [5.41, 5.74) is 0.175. The molecule has 142 valence electrons. The van der Waals surface area contributed by atoms with Crippen molar-refractivity contribution in [2.75, 3.05) is 26.7 Å². The van der Waals surface area contributed by atoms with Gasteiger partial charge in [-0.3, -0.25) is 24.3 Å². The zero-order valence-corrected chi connectivity index (χ0v) is 14.8. The van der Waals surface area contributed by atoms with Crippen molar-refractivity contribution < 1.29 is 14.5 Å². The van der Waals surface area contributed by atoms with E-state index >= 15 is 0 Å². The highest BCUT2D eigenvalue weighted by Crippen LogP contribution is 2.30. The van der Waals surface area contributed by atoms with E-state index < -0.39 is 10.5 Å². The maximum absolute atomic E-state index is 12.9. The number of benzene rings is 1. The minimum Gasteiger partial charge on any atom is -0.496 e. The smallest absolute Gasteiger partial charge is 0.285 e. The van der Waals surface area contributed by atoms with Crippen molar-refractivity contribution in [1.29, 1.82) is 0 Å². The van der Waals surface area contributed by atoms with E-state index in [1.165, 1.54) is 0 Å². The molecule has 0 bridgehead atoms. The van der Waals surface area contributed by atoms with E-state index in [4.69, 9.17) is 4.74 Å². The number of pyridine rings is 1. The van der Waals surface area contributed by atoms with Gasteiger partial charge in [-0.1, -0.05) is 18.2 Å². The van der Waals surface area contributed by atoms with Crippen molar-refractivity contribution in [2.24, 2.45) is 0 Å². The van der Waals surface area contributed by atoms with Crippen molar-refractivity contribution in [2.45, 2.75) is 12.6 Å². The van der Waals surface area contributed by atoms with Crippen molar-refractivity contribution in [3.63, 3.8) is 0 Å². The number of rotatable bonds is 5. The molecule has 9 nitrogen and oxygen atoms in total. The molecule has 1 saturated heterocycles. The molecule has 1 N–H and O–H groups in total. The summed E-state index contributed by atoms with van der Waals surface area (Å²) < 4.78 is 6.48. The third-order valence-electron chi connectivity index (χ3n) is 4.55. The van der Waals surface area contributed by atoms with E-state index in [0.29, 0.717) is 25.4 Å². The van der Waals surface area contributed by atoms with Gasteiger partial charge in [-0.2, -0.15) is 0 Å². The van der Waals surface area contributed by atoms with Crippen molar-refractivity contribution in [3.05, 3.63) is 68.6 Å². The van der Waals surface area contributed by atoms with Crippen LogP contribution in [0, 0.1) is 10.1 Å². The molecule has 1 aliphatic rings. The molecule has 3 rings (SSSR count). The van der Waals surface area contributed by atoms with Crippen molar-refractivity contribution in [3.8, 4) is 5.75 Å². The van der Waals surface area contributed by atoms with Gasteiger partial charge in [0.25, 0.3) is 11.2 Å². The number of nitrogens with one attached hydrogen (secondary N) is 1. The van der Waals surface area contributed by atoms with Crippen LogP contribution in [0.1, 0.15) is 11.6 Å². The van der Waals surface area contributed by atoms with E-state index in [1.54, 1.807) is 12.0 Å². The molecule has 0 radical (unpaired) electrons. The van der Waals surface area contributed by atoms with Gasteiger partial charge >= 0.3 is 0 Å². The van der Waals surface area contributed by atoms with Crippen LogP contribution in [0.4, 0.5) is 5.69 Å². The molecule has 2 aromatic rings. The number of ether oxygens (including phenoxy) is 1. The van der Waals surface area contributed by atoms with Crippen LogP contribution in [0.25, 0.3) is 0 Å². The average molecular weight is 372 g/mol. The number of methoxy groups -OCH3 is 1. The highest BCUT2D eigenvalue weighted by atomic mass is 16.6. The largest absolute Gasteiger partial charge is 0.496 e. The Balaban J connectivity index is 1.87. The normalized spacial score (nSPS) is 16.8. The molecule has 1 atom stereocenters. The SMILES string of the molecule is COc1ccccc1C1CNCCN1C(=O)Cn1cc([N+](=O)[O-])ccc1=O. The van der Waals surface area contributed by atoms with E-state index in [1.807, 2.05) is 24.3 Å². The Bertz CT molecular complexity index is 911. The van der Waals surface area contributed by atoms with E-state index in [-0.39, 0.29) is 24.2 Å². The van der Waals surface area contributed by atoms with Gasteiger partial charge in [0.1, 0.15) is 12.3 Å². The first-order chi connectivity index (χ1) is 13.0. The van der Waals surface area contributed by atoms with Crippen LogP contribution < -0.4 is 15.6 Å². The minimum atomic E-state index is -0.594. The van der Waals surface area contributed by atoms with Crippen LogP contribution in [0.2, 0.25) is 0 Å². The standard InChI is InChI=1S/C18H20N4O5/c1-27-16-5-3-2-4-14(16)15-10-19-8-9-21(15)18(24)12-20-11-13(22(25)26)6-7-17(20)23/h2-7,11,15,19H,8-10,12H2,1H3. The first-order valence-electron chi connectivity index (χ1n) is 8.49. The second-order valence-electron chi connectivity index (χ2n) is 6.16. The lowest BCUT2D eigenvalue weighted by molar-refractivity contribution is -0.385. The summed E-state index contributed by atoms with van der Waals surface area (Å²) in [5, 5.41) is 14.2. The lowest BCUT2D eigenvalue weighted by Gasteiger charge is -2.37. The Hall–Kier alpha value is -3.20. The summed E-state index contributed by atoms with van der Waals surface area (Å²) in [7, 11) is 1.57. The lowest BCUT2D eigenvalue weighted by atomic mass is 10.0. The maximum Gasteiger partial charge on any atom is 0.285 e. The van der Waals surface area contributed by atoms with Gasteiger partial charge in [-0.25, -0.2) is 0 Å². The topological polar surface area (TPSA) is 107 Å². The number of amides is 1. The molecule has 1 amide bonds. The van der Waals surface area contributed by atoms with Gasteiger partial charge in [-0.15, -0.1) is 0 Å². The first kappa shape index (κ1) is 18.6. The molecule has 1 fully saturated rings. The van der Waals surface area contributed by atoms with Crippen LogP contribution in [0.5, 0.6) is 5.75 Å². The molecule has 27 heavy (non-hydrogen) atoms. The highest BCUT2D eigenvalue weighted by molar-refractivity contribution is 5.77. The third kappa shape index (κ3) is 3.98. The molecule has 0 aliphatic carbocycles. The summed E-state index contributed by atoms with van der Waals surface area (Å²) in [6.07, 6.45) is 1.10. The Kier molecular flexibility index (Phi) is 5.51. The molecular weight excluding hydrogens is 352 g/mol. The Morgan fingerprint density at radius 2 is 2.11 bits per heavy atom. The number of carbonyl (C=O) groups excluding carboxylic acids is 1. The van der Waals surface area contributed by atoms with Gasteiger partial charge in [0.05, 0.1) is 24.3 Å². The van der Waals surface area contributed by atoms with Crippen LogP contribution in [0.3, 0.4) is 0 Å². The minimum absolute atomic E-state index is 0.232. The number of hydrogen-bond acceptors (Lipinski definition) is 6. The average Bonchev–Trinajstić information content (AvgIpc) is 2.69. The molecule has 1 aromatic heterocycles. The van der Waals surface area contributed by atoms with E-state index in [9.17, 15) is 19.7 Å². The van der Waals surface area contributed by atoms with Gasteiger partial charge in [0.2, 0.25) is 5.91 Å². The first-order valence-corrected chi connectivity index (χ1v) is 8.49. The van der Waals surface area contributed by atoms with Crippen molar-refractivity contribution in [1.82, 2.24) is 14.8 Å². The van der Waals surface area contributed by atoms with Crippen molar-refractivity contribution >= 4 is 11.6 Å². The fourth-order valence-electron chi connectivity index (χ4n) is 3.21. The van der Waals surface area contributed by atoms with E-state index in [2.05, 4.69) is 5.32 Å². The number of nitro groups is 1. The third-order valence-corrected chi connectivity index (χ3v) is 4.55. The maximum atomic E-state index is 12.9. The number of hydrogen-bond donors (Lipinski definition) is 1. The number of nitrogens with zero attached hydrogens (tertiary/aromatic N) is 3. The summed E-state index contributed by atoms with van der Waals surface area (Å²) in [5.74, 6) is 0.395. The predicted octanol–water partition coefficient (Wildman–Crippen LogP) is 0.938. The van der Waals surface area contributed by atoms with Gasteiger partial charge in [-0.05, 0) is 6.07 Å². The van der Waals surface area contributed by atoms with Gasteiger partial charge < -0.3 is 15.0 Å². The summed E-state index contributed by atoms with van der Waals surface area (Å²) in [6.45, 7) is 1.38. The van der Waals surface area contributed by atoms with Crippen LogP contribution in [-0.4, -0.2) is 47.0 Å². The monoisotopic (exact) mass is 372 g/mol. The van der Waals surface area contributed by atoms with E-state index in [0.717, 1.165) is 28.5 Å². The number of para-hydroxylation sites is 1. The summed E-state index contributed by atoms with van der Waals surface area (Å²) in [4.78, 5) is 36.9. The predicted molar refractivity (Wildman–Crippen MR) is 97.7 cm³/mol. The fraction of sp³-hybridized carbons (Fsp3) is 0.333. The van der Waals surface area contributed by atoms with Gasteiger partial charge in [0, 0.05) is 37.3 Å². The summed E-state index contributed by atoms with van der Waals surface area (Å²) >= 11 is 0. The molecular formula is C18H20N4O5. The highest BCUT2D eigenvalue weighted by Gasteiger charge is 2.30. The van der Waals surface area contributed by atoms with Crippen LogP contribution in [-0.2, 0) is 11.3 Å². The quantitative estimate of drug-likeness (QED) is 0.618. The number of carbonyl (C=O) groups is 1. The molecule has 2 heterocycles. The zero-order chi connectivity index (χ0) is 19.4. The Morgan fingerprint density at radius 3 is 2.85 bits per heavy atom. The van der Waals surface area contributed by atoms with Crippen LogP contribution in [0.15, 0.2) is 47.4 Å². The Morgan fingerprint density at radius 1 is 1.33 bits per heavy atom. The van der Waals surface area contributed by atoms with Crippen LogP contribution >= 0.6 is 0 Å². The number of piperazine rings is 1.